The molecule has 0 heterocycles. The lowest BCUT2D eigenvalue weighted by Gasteiger charge is -2.63. The molecular weight excluding hydrogens is 386 g/mol. The van der Waals surface area contributed by atoms with E-state index in [1.165, 1.54) is 0 Å². The molecule has 0 aromatic heterocycles. The lowest BCUT2D eigenvalue weighted by Crippen LogP contribution is -2.64. The van der Waals surface area contributed by atoms with Crippen LogP contribution < -0.4 is 0 Å². The topological polar surface area (TPSA) is 34.1 Å². The number of carbonyl (C=O) groups excluding carboxylic acids is 2. The first-order chi connectivity index (χ1) is 12.6. The van der Waals surface area contributed by atoms with Crippen LogP contribution in [0.1, 0.15) is 46.5 Å². The molecule has 8 atom stereocenters. The van der Waals surface area contributed by atoms with Crippen LogP contribution in [0.5, 0.6) is 0 Å². The zero-order valence-electron chi connectivity index (χ0n) is 16.1. The third-order valence-corrected chi connectivity index (χ3v) is 9.96. The number of Topliss-reactive ketones (excluding diaryl/α,β-unsaturated/α-hetero) is 1. The SMILES string of the molecule is C[C@@H]1C[C@H]2[C@@H]3CCC4=CC(=O)C=C[C@]4(C)[C@@]3(Cl)[C@@H](Cl)C[C@]2(C)[C@H]1C(=O)CF. The Balaban J connectivity index is 1.80. The van der Waals surface area contributed by atoms with Crippen molar-refractivity contribution in [3.63, 3.8) is 0 Å². The fourth-order valence-electron chi connectivity index (χ4n) is 7.28. The van der Waals surface area contributed by atoms with Crippen LogP contribution in [0.4, 0.5) is 4.39 Å². The molecular formula is C22H27Cl2FO2. The summed E-state index contributed by atoms with van der Waals surface area (Å²) in [5.74, 6) is -0.0482. The molecule has 3 fully saturated rings. The van der Waals surface area contributed by atoms with Gasteiger partial charge >= 0.3 is 0 Å². The highest BCUT2D eigenvalue weighted by Gasteiger charge is 2.70. The average Bonchev–Trinajstić information content (AvgIpc) is 2.86. The second-order valence-corrected chi connectivity index (χ2v) is 10.7. The summed E-state index contributed by atoms with van der Waals surface area (Å²) in [6.07, 6.45) is 8.45. The van der Waals surface area contributed by atoms with Crippen LogP contribution >= 0.6 is 23.2 Å². The number of alkyl halides is 3. The lowest BCUT2D eigenvalue weighted by molar-refractivity contribution is -0.131. The van der Waals surface area contributed by atoms with E-state index in [1.54, 1.807) is 12.2 Å². The van der Waals surface area contributed by atoms with Crippen LogP contribution in [0.15, 0.2) is 23.8 Å². The molecule has 0 bridgehead atoms. The maximum absolute atomic E-state index is 13.3. The summed E-state index contributed by atoms with van der Waals surface area (Å²) < 4.78 is 13.3. The third-order valence-electron chi connectivity index (χ3n) is 8.42. The monoisotopic (exact) mass is 412 g/mol. The van der Waals surface area contributed by atoms with E-state index < -0.39 is 17.0 Å². The maximum atomic E-state index is 13.3. The summed E-state index contributed by atoms with van der Waals surface area (Å²) in [6.45, 7) is 5.38. The molecule has 0 radical (unpaired) electrons. The zero-order valence-corrected chi connectivity index (χ0v) is 17.6. The lowest BCUT2D eigenvalue weighted by atomic mass is 9.47. The van der Waals surface area contributed by atoms with Gasteiger partial charge in [0.2, 0.25) is 0 Å². The Morgan fingerprint density at radius 3 is 2.70 bits per heavy atom. The van der Waals surface area contributed by atoms with Gasteiger partial charge in [-0.3, -0.25) is 9.59 Å². The first kappa shape index (κ1) is 19.6. The second kappa shape index (κ2) is 6.16. The number of allylic oxidation sites excluding steroid dienone is 4. The molecule has 2 nitrogen and oxygen atoms in total. The average molecular weight is 413 g/mol. The van der Waals surface area contributed by atoms with Crippen molar-refractivity contribution in [3.05, 3.63) is 23.8 Å². The van der Waals surface area contributed by atoms with Crippen molar-refractivity contribution in [2.24, 2.45) is 34.5 Å². The molecule has 0 aliphatic heterocycles. The Morgan fingerprint density at radius 1 is 1.33 bits per heavy atom. The minimum absolute atomic E-state index is 0.0102. The summed E-state index contributed by atoms with van der Waals surface area (Å²) in [6, 6.07) is 0. The summed E-state index contributed by atoms with van der Waals surface area (Å²) >= 11 is 14.4. The number of halogens is 3. The van der Waals surface area contributed by atoms with Gasteiger partial charge in [0, 0.05) is 11.3 Å². The predicted octanol–water partition coefficient (Wildman–Crippen LogP) is 5.27. The standard InChI is InChI=1S/C22H27Cl2FO2/c1-12-8-16-15-5-4-13-9-14(26)6-7-21(13,3)22(15,24)18(23)10-20(16,2)19(12)17(27)11-25/h6-7,9,12,15-16,18-19H,4-5,8,10-11H2,1-3H3/t12-,15+,16+,18+,19-,20+,21+,22+/m1/s1. The Labute approximate surface area is 170 Å². The molecule has 0 N–H and O–H groups in total. The smallest absolute Gasteiger partial charge is 0.178 e. The van der Waals surface area contributed by atoms with Crippen LogP contribution in [0.25, 0.3) is 0 Å². The van der Waals surface area contributed by atoms with Gasteiger partial charge in [0.25, 0.3) is 0 Å². The van der Waals surface area contributed by atoms with Gasteiger partial charge < -0.3 is 0 Å². The molecule has 4 aliphatic carbocycles. The number of ketones is 2. The normalized spacial score (nSPS) is 51.3. The molecule has 0 saturated heterocycles. The summed E-state index contributed by atoms with van der Waals surface area (Å²) in [4.78, 5) is 23.7. The molecule has 4 rings (SSSR count). The minimum Gasteiger partial charge on any atom is -0.296 e. The molecule has 0 amide bonds. The van der Waals surface area contributed by atoms with Gasteiger partial charge in [-0.05, 0) is 61.0 Å². The van der Waals surface area contributed by atoms with Gasteiger partial charge in [-0.15, -0.1) is 23.2 Å². The first-order valence-electron chi connectivity index (χ1n) is 9.95. The molecule has 148 valence electrons. The highest BCUT2D eigenvalue weighted by Crippen LogP contribution is 2.71. The number of hydrogen-bond acceptors (Lipinski definition) is 2. The van der Waals surface area contributed by atoms with Gasteiger partial charge in [0.1, 0.15) is 6.67 Å². The minimum atomic E-state index is -0.906. The summed E-state index contributed by atoms with van der Waals surface area (Å²) in [7, 11) is 0. The first-order valence-corrected chi connectivity index (χ1v) is 10.8. The molecule has 0 spiro atoms. The number of rotatable bonds is 2. The van der Waals surface area contributed by atoms with Crippen molar-refractivity contribution in [2.75, 3.05) is 6.67 Å². The Bertz CT molecular complexity index is 761. The molecule has 0 aromatic carbocycles. The largest absolute Gasteiger partial charge is 0.296 e. The third kappa shape index (κ3) is 2.37. The highest BCUT2D eigenvalue weighted by molar-refractivity contribution is 6.34. The van der Waals surface area contributed by atoms with Gasteiger partial charge in [-0.2, -0.15) is 0 Å². The fraction of sp³-hybridized carbons (Fsp3) is 0.727. The van der Waals surface area contributed by atoms with Crippen molar-refractivity contribution in [2.45, 2.75) is 56.7 Å². The van der Waals surface area contributed by atoms with Crippen molar-refractivity contribution < 1.29 is 14.0 Å². The molecule has 0 unspecified atom stereocenters. The van der Waals surface area contributed by atoms with Crippen molar-refractivity contribution in [1.82, 2.24) is 0 Å². The predicted molar refractivity (Wildman–Crippen MR) is 106 cm³/mol. The van der Waals surface area contributed by atoms with Crippen LogP contribution in [-0.4, -0.2) is 28.5 Å². The van der Waals surface area contributed by atoms with E-state index in [0.717, 1.165) is 24.8 Å². The van der Waals surface area contributed by atoms with E-state index in [4.69, 9.17) is 23.2 Å². The fourth-order valence-corrected chi connectivity index (χ4v) is 8.52. The number of hydrogen-bond donors (Lipinski definition) is 0. The van der Waals surface area contributed by atoms with Crippen LogP contribution in [0.3, 0.4) is 0 Å². The van der Waals surface area contributed by atoms with Gasteiger partial charge in [0.15, 0.2) is 11.6 Å². The molecule has 5 heteroatoms. The van der Waals surface area contributed by atoms with E-state index in [0.29, 0.717) is 6.42 Å². The van der Waals surface area contributed by atoms with Gasteiger partial charge in [0.05, 0.1) is 10.3 Å². The van der Waals surface area contributed by atoms with Crippen LogP contribution in [0.2, 0.25) is 0 Å². The maximum Gasteiger partial charge on any atom is 0.178 e. The molecule has 27 heavy (non-hydrogen) atoms. The Hall–Kier alpha value is -0.670. The highest BCUT2D eigenvalue weighted by atomic mass is 35.5. The molecule has 3 saturated carbocycles. The van der Waals surface area contributed by atoms with Crippen LogP contribution in [0, 0.1) is 34.5 Å². The van der Waals surface area contributed by atoms with Crippen molar-refractivity contribution in [3.8, 4) is 0 Å². The van der Waals surface area contributed by atoms with Crippen molar-refractivity contribution in [1.29, 1.82) is 0 Å². The summed E-state index contributed by atoms with van der Waals surface area (Å²) in [5, 5.41) is -0.350. The molecule has 4 aliphatic rings. The van der Waals surface area contributed by atoms with E-state index in [2.05, 4.69) is 20.8 Å². The van der Waals surface area contributed by atoms with E-state index in [1.807, 2.05) is 6.08 Å². The van der Waals surface area contributed by atoms with Gasteiger partial charge in [-0.25, -0.2) is 4.39 Å². The van der Waals surface area contributed by atoms with E-state index >= 15 is 0 Å². The zero-order chi connectivity index (χ0) is 19.8. The Morgan fingerprint density at radius 2 is 2.04 bits per heavy atom. The van der Waals surface area contributed by atoms with E-state index in [9.17, 15) is 14.0 Å². The number of fused-ring (bicyclic) bond motifs is 5. The summed E-state index contributed by atoms with van der Waals surface area (Å²) in [5.41, 5.74) is 0.284. The van der Waals surface area contributed by atoms with E-state index in [-0.39, 0.29) is 46.0 Å². The Kier molecular flexibility index (Phi) is 4.48. The van der Waals surface area contributed by atoms with Crippen LogP contribution in [-0.2, 0) is 9.59 Å². The second-order valence-electron chi connectivity index (χ2n) is 9.60. The van der Waals surface area contributed by atoms with Crippen molar-refractivity contribution >= 4 is 34.8 Å². The molecule has 0 aromatic rings. The number of carbonyl (C=O) groups is 2. The quantitative estimate of drug-likeness (QED) is 0.578. The van der Waals surface area contributed by atoms with Gasteiger partial charge in [-0.1, -0.05) is 32.4 Å².